The fraction of sp³-hybridized carbons (Fsp3) is 0.167. The summed E-state index contributed by atoms with van der Waals surface area (Å²) in [4.78, 5) is 16.8. The number of imidazole rings is 1. The van der Waals surface area contributed by atoms with Crippen molar-refractivity contribution in [2.45, 2.75) is 19.4 Å². The molecule has 1 aliphatic carbocycles. The molecule has 0 aliphatic heterocycles. The van der Waals surface area contributed by atoms with Crippen molar-refractivity contribution in [2.75, 3.05) is 5.32 Å². The molecule has 1 aliphatic rings. The molecule has 23 heavy (non-hydrogen) atoms. The molecule has 2 aromatic heterocycles. The number of nitrogens with one attached hydrogen (secondary N) is 2. The summed E-state index contributed by atoms with van der Waals surface area (Å²) in [5, 5.41) is 3.28. The molecule has 0 spiro atoms. The second-order valence-corrected chi connectivity index (χ2v) is 5.49. The summed E-state index contributed by atoms with van der Waals surface area (Å²) in [6, 6.07) is 10.2. The van der Waals surface area contributed by atoms with Gasteiger partial charge in [-0.15, -0.1) is 0 Å². The molecule has 0 atom stereocenters. The van der Waals surface area contributed by atoms with Crippen molar-refractivity contribution in [1.82, 2.24) is 19.9 Å². The molecular formula is C18H17N5. The van der Waals surface area contributed by atoms with Gasteiger partial charge in [0.15, 0.2) is 0 Å². The van der Waals surface area contributed by atoms with Gasteiger partial charge in [0, 0.05) is 0 Å². The van der Waals surface area contributed by atoms with Crippen LogP contribution in [0.15, 0.2) is 48.8 Å². The lowest BCUT2D eigenvalue weighted by Crippen LogP contribution is -2.07. The van der Waals surface area contributed by atoms with Crippen LogP contribution < -0.4 is 5.32 Å². The number of allylic oxidation sites excluding steroid dienone is 1. The molecule has 5 nitrogen and oxygen atoms in total. The van der Waals surface area contributed by atoms with E-state index in [1.807, 2.05) is 30.5 Å². The van der Waals surface area contributed by atoms with Gasteiger partial charge in [-0.3, -0.25) is 4.98 Å². The van der Waals surface area contributed by atoms with E-state index in [4.69, 9.17) is 0 Å². The number of aromatic nitrogens is 4. The third-order valence-corrected chi connectivity index (χ3v) is 3.85. The van der Waals surface area contributed by atoms with Crippen LogP contribution in [0, 0.1) is 0 Å². The number of rotatable bonds is 4. The van der Waals surface area contributed by atoms with Crippen LogP contribution in [0.3, 0.4) is 0 Å². The highest BCUT2D eigenvalue weighted by Crippen LogP contribution is 2.18. The molecular weight excluding hydrogens is 286 g/mol. The first-order valence-electron chi connectivity index (χ1n) is 7.74. The SMILES string of the molecule is C1=Cc2ncc(NCc3ncc(-c4ccccc4)[nH]3)nc2CC1. The predicted molar refractivity (Wildman–Crippen MR) is 90.7 cm³/mol. The highest BCUT2D eigenvalue weighted by atomic mass is 15.1. The van der Waals surface area contributed by atoms with Crippen molar-refractivity contribution in [3.05, 3.63) is 66.0 Å². The normalized spacial score (nSPS) is 12.9. The summed E-state index contributed by atoms with van der Waals surface area (Å²) in [5.74, 6) is 1.67. The van der Waals surface area contributed by atoms with Crippen LogP contribution in [-0.2, 0) is 13.0 Å². The predicted octanol–water partition coefficient (Wildman–Crippen LogP) is 3.44. The van der Waals surface area contributed by atoms with Gasteiger partial charge in [-0.2, -0.15) is 0 Å². The quantitative estimate of drug-likeness (QED) is 0.775. The lowest BCUT2D eigenvalue weighted by molar-refractivity contribution is 0.893. The molecule has 0 fully saturated rings. The Hall–Kier alpha value is -2.95. The Labute approximate surface area is 134 Å². The van der Waals surface area contributed by atoms with Crippen LogP contribution in [0.1, 0.15) is 23.6 Å². The van der Waals surface area contributed by atoms with E-state index in [1.54, 1.807) is 6.20 Å². The summed E-state index contributed by atoms with van der Waals surface area (Å²) >= 11 is 0. The zero-order valence-corrected chi connectivity index (χ0v) is 12.7. The average Bonchev–Trinajstić information content (AvgIpc) is 3.10. The van der Waals surface area contributed by atoms with Gasteiger partial charge in [0.25, 0.3) is 0 Å². The number of nitrogens with zero attached hydrogens (tertiary/aromatic N) is 3. The molecule has 0 amide bonds. The molecule has 0 saturated heterocycles. The Balaban J connectivity index is 1.45. The highest BCUT2D eigenvalue weighted by molar-refractivity contribution is 5.58. The zero-order chi connectivity index (χ0) is 15.5. The van der Waals surface area contributed by atoms with Crippen LogP contribution in [0.4, 0.5) is 5.82 Å². The second-order valence-electron chi connectivity index (χ2n) is 5.49. The van der Waals surface area contributed by atoms with E-state index in [1.165, 1.54) is 0 Å². The van der Waals surface area contributed by atoms with Gasteiger partial charge < -0.3 is 10.3 Å². The Bertz CT molecular complexity index is 836. The van der Waals surface area contributed by atoms with Gasteiger partial charge in [0.2, 0.25) is 0 Å². The number of anilines is 1. The first-order valence-corrected chi connectivity index (χ1v) is 7.74. The molecule has 2 N–H and O–H groups in total. The fourth-order valence-corrected chi connectivity index (χ4v) is 2.65. The third kappa shape index (κ3) is 2.99. The second kappa shape index (κ2) is 6.04. The molecule has 5 heteroatoms. The van der Waals surface area contributed by atoms with E-state index in [0.717, 1.165) is 47.1 Å². The van der Waals surface area contributed by atoms with Crippen LogP contribution in [0.25, 0.3) is 17.3 Å². The molecule has 1 aromatic carbocycles. The van der Waals surface area contributed by atoms with Crippen LogP contribution in [0.5, 0.6) is 0 Å². The molecule has 0 bridgehead atoms. The minimum absolute atomic E-state index is 0.593. The largest absolute Gasteiger partial charge is 0.362 e. The molecule has 2 heterocycles. The van der Waals surface area contributed by atoms with E-state index >= 15 is 0 Å². The molecule has 0 radical (unpaired) electrons. The van der Waals surface area contributed by atoms with E-state index < -0.39 is 0 Å². The van der Waals surface area contributed by atoms with E-state index in [-0.39, 0.29) is 0 Å². The Kier molecular flexibility index (Phi) is 3.60. The summed E-state index contributed by atoms with van der Waals surface area (Å²) < 4.78 is 0. The lowest BCUT2D eigenvalue weighted by Gasteiger charge is -2.10. The molecule has 114 valence electrons. The minimum atomic E-state index is 0.593. The average molecular weight is 303 g/mol. The number of benzene rings is 1. The fourth-order valence-electron chi connectivity index (χ4n) is 2.65. The lowest BCUT2D eigenvalue weighted by atomic mass is 10.1. The summed E-state index contributed by atoms with van der Waals surface area (Å²) in [7, 11) is 0. The first-order chi connectivity index (χ1) is 11.4. The highest BCUT2D eigenvalue weighted by Gasteiger charge is 2.09. The van der Waals surface area contributed by atoms with Crippen molar-refractivity contribution < 1.29 is 0 Å². The first kappa shape index (κ1) is 13.7. The Morgan fingerprint density at radius 2 is 2.00 bits per heavy atom. The Morgan fingerprint density at radius 1 is 1.09 bits per heavy atom. The zero-order valence-electron chi connectivity index (χ0n) is 12.7. The number of H-pyrrole nitrogens is 1. The third-order valence-electron chi connectivity index (χ3n) is 3.85. The molecule has 3 aromatic rings. The number of aryl methyl sites for hydroxylation is 1. The summed E-state index contributed by atoms with van der Waals surface area (Å²) in [6.45, 7) is 0.593. The monoisotopic (exact) mass is 303 g/mol. The van der Waals surface area contributed by atoms with Crippen molar-refractivity contribution in [3.63, 3.8) is 0 Å². The standard InChI is InChI=1S/C18H17N5/c1-2-6-13(7-3-1)16-10-20-18(23-16)12-21-17-11-19-14-8-4-5-9-15(14)22-17/h1-4,6-8,10-11H,5,9,12H2,(H,20,23)(H,21,22). The van der Waals surface area contributed by atoms with Gasteiger partial charge in [-0.1, -0.05) is 36.4 Å². The molecule has 4 rings (SSSR count). The van der Waals surface area contributed by atoms with E-state index in [0.29, 0.717) is 6.54 Å². The molecule has 0 unspecified atom stereocenters. The number of hydrogen-bond donors (Lipinski definition) is 2. The number of hydrogen-bond acceptors (Lipinski definition) is 4. The van der Waals surface area contributed by atoms with Gasteiger partial charge in [-0.25, -0.2) is 9.97 Å². The van der Waals surface area contributed by atoms with Crippen LogP contribution in [-0.4, -0.2) is 19.9 Å². The maximum absolute atomic E-state index is 4.63. The maximum Gasteiger partial charge on any atom is 0.145 e. The topological polar surface area (TPSA) is 66.5 Å². The minimum Gasteiger partial charge on any atom is -0.362 e. The van der Waals surface area contributed by atoms with Gasteiger partial charge >= 0.3 is 0 Å². The summed E-state index contributed by atoms with van der Waals surface area (Å²) in [5.41, 5.74) is 4.18. The number of aromatic amines is 1. The van der Waals surface area contributed by atoms with Crippen molar-refractivity contribution in [1.29, 1.82) is 0 Å². The van der Waals surface area contributed by atoms with Crippen LogP contribution in [0.2, 0.25) is 0 Å². The number of fused-ring (bicyclic) bond motifs is 1. The van der Waals surface area contributed by atoms with E-state index in [2.05, 4.69) is 43.5 Å². The van der Waals surface area contributed by atoms with Crippen LogP contribution >= 0.6 is 0 Å². The molecule has 0 saturated carbocycles. The van der Waals surface area contributed by atoms with Gasteiger partial charge in [0.05, 0.1) is 36.0 Å². The summed E-state index contributed by atoms with van der Waals surface area (Å²) in [6.07, 6.45) is 9.79. The van der Waals surface area contributed by atoms with Gasteiger partial charge in [0.1, 0.15) is 11.6 Å². The van der Waals surface area contributed by atoms with Crippen molar-refractivity contribution >= 4 is 11.9 Å². The van der Waals surface area contributed by atoms with Crippen molar-refractivity contribution in [3.8, 4) is 11.3 Å². The Morgan fingerprint density at radius 3 is 2.91 bits per heavy atom. The van der Waals surface area contributed by atoms with E-state index in [9.17, 15) is 0 Å². The van der Waals surface area contributed by atoms with Gasteiger partial charge in [-0.05, 0) is 24.5 Å². The smallest absolute Gasteiger partial charge is 0.145 e. The maximum atomic E-state index is 4.63. The van der Waals surface area contributed by atoms with Crippen molar-refractivity contribution in [2.24, 2.45) is 0 Å².